The number of aromatic nitrogens is 2. The molecule has 0 saturated carbocycles. The molecule has 0 radical (unpaired) electrons. The van der Waals surface area contributed by atoms with Crippen LogP contribution in [0.4, 0.5) is 4.79 Å². The number of amides is 2. The fraction of sp³-hybridized carbons (Fsp3) is 0.400. The molecule has 0 aliphatic carbocycles. The summed E-state index contributed by atoms with van der Waals surface area (Å²) in [5, 5.41) is 4.53. The van der Waals surface area contributed by atoms with Gasteiger partial charge in [0.2, 0.25) is 5.91 Å². The second kappa shape index (κ2) is 12.5. The van der Waals surface area contributed by atoms with Crippen molar-refractivity contribution in [3.63, 3.8) is 0 Å². The van der Waals surface area contributed by atoms with Gasteiger partial charge in [0, 0.05) is 54.7 Å². The molecule has 0 spiro atoms. The summed E-state index contributed by atoms with van der Waals surface area (Å²) in [6.45, 7) is 9.92. The predicted octanol–water partition coefficient (Wildman–Crippen LogP) is 6.09. The van der Waals surface area contributed by atoms with Gasteiger partial charge >= 0.3 is 6.09 Å². The van der Waals surface area contributed by atoms with Crippen LogP contribution in [0.5, 0.6) is 11.5 Å². The Labute approximate surface area is 249 Å². The van der Waals surface area contributed by atoms with Crippen LogP contribution in [0.3, 0.4) is 0 Å². The monoisotopic (exact) mass is 600 g/mol. The highest BCUT2D eigenvalue weighted by Crippen LogP contribution is 2.46. The highest BCUT2D eigenvalue weighted by molar-refractivity contribution is 6.41. The van der Waals surface area contributed by atoms with E-state index in [9.17, 15) is 9.59 Å². The Morgan fingerprint density at radius 2 is 1.83 bits per heavy atom. The van der Waals surface area contributed by atoms with Crippen molar-refractivity contribution in [2.24, 2.45) is 5.92 Å². The molecule has 0 unspecified atom stereocenters. The van der Waals surface area contributed by atoms with Crippen LogP contribution < -0.4 is 14.8 Å². The van der Waals surface area contributed by atoms with Crippen molar-refractivity contribution < 1.29 is 23.8 Å². The Kier molecular flexibility index (Phi) is 9.29. The Hall–Kier alpha value is -3.56. The van der Waals surface area contributed by atoms with Crippen LogP contribution in [-0.2, 0) is 16.0 Å². The zero-order chi connectivity index (χ0) is 29.9. The molecule has 1 aromatic heterocycles. The first-order chi connectivity index (χ1) is 19.4. The number of nitrogens with one attached hydrogen (secondary N) is 1. The number of ether oxygens (including phenoxy) is 3. The topological polar surface area (TPSA) is 103 Å². The Morgan fingerprint density at radius 3 is 2.44 bits per heavy atom. The highest BCUT2D eigenvalue weighted by Gasteiger charge is 2.34. The lowest BCUT2D eigenvalue weighted by Crippen LogP contribution is -2.53. The van der Waals surface area contributed by atoms with Gasteiger partial charge in [0.25, 0.3) is 0 Å². The maximum Gasteiger partial charge on any atom is 0.410 e. The molecule has 11 heteroatoms. The van der Waals surface area contributed by atoms with Crippen molar-refractivity contribution in [2.45, 2.75) is 45.3 Å². The number of hydrogen-bond donors (Lipinski definition) is 1. The highest BCUT2D eigenvalue weighted by atomic mass is 35.5. The number of rotatable bonds is 7. The second-order valence-electron chi connectivity index (χ2n) is 10.8. The Morgan fingerprint density at radius 1 is 1.15 bits per heavy atom. The first kappa shape index (κ1) is 30.4. The van der Waals surface area contributed by atoms with Gasteiger partial charge in [0.15, 0.2) is 0 Å². The lowest BCUT2D eigenvalue weighted by molar-refractivity contribution is -0.117. The van der Waals surface area contributed by atoms with E-state index in [0.29, 0.717) is 58.9 Å². The van der Waals surface area contributed by atoms with Gasteiger partial charge in [0.05, 0.1) is 29.8 Å². The maximum atomic E-state index is 12.8. The average Bonchev–Trinajstić information content (AvgIpc) is 2.93. The molecule has 1 saturated heterocycles. The van der Waals surface area contributed by atoms with Crippen LogP contribution in [0.2, 0.25) is 10.0 Å². The molecule has 1 aliphatic heterocycles. The minimum absolute atomic E-state index is 0.126. The van der Waals surface area contributed by atoms with Crippen LogP contribution in [0.1, 0.15) is 33.0 Å². The van der Waals surface area contributed by atoms with Crippen LogP contribution in [0.25, 0.3) is 22.0 Å². The molecule has 41 heavy (non-hydrogen) atoms. The predicted molar refractivity (Wildman–Crippen MR) is 160 cm³/mol. The van der Waals surface area contributed by atoms with Crippen LogP contribution in [0, 0.1) is 5.92 Å². The summed E-state index contributed by atoms with van der Waals surface area (Å²) < 4.78 is 16.4. The van der Waals surface area contributed by atoms with Crippen molar-refractivity contribution in [1.29, 1.82) is 0 Å². The summed E-state index contributed by atoms with van der Waals surface area (Å²) in [6.07, 6.45) is 3.63. The number of methoxy groups -OCH3 is 2. The summed E-state index contributed by atoms with van der Waals surface area (Å²) in [5.74, 6) is 1.10. The van der Waals surface area contributed by atoms with Crippen molar-refractivity contribution in [1.82, 2.24) is 20.2 Å². The third-order valence-electron chi connectivity index (χ3n) is 6.84. The molecule has 2 amide bonds. The lowest BCUT2D eigenvalue weighted by atomic mass is 9.89. The largest absolute Gasteiger partial charge is 0.495 e. The minimum atomic E-state index is -0.606. The first-order valence-electron chi connectivity index (χ1n) is 13.2. The van der Waals surface area contributed by atoms with E-state index in [4.69, 9.17) is 42.4 Å². The third-order valence-corrected chi connectivity index (χ3v) is 7.59. The molecule has 4 rings (SSSR count). The number of carbonyl (C=O) groups excluding carboxylic acids is 2. The standard InChI is InChI=1S/C30H34Cl2N4O5/c1-7-25(37)35-21-10-11-36(29(38)41-30(2,3)4)16-19(21)13-24-33-15-18-12-17(8-9-20(18)34-24)26-27(31)22(39-5)14-23(40-6)28(26)32/h7-9,12,14-15,19,21H,1,10-11,13,16H2,2-6H3,(H,35,37)/t19-,21+/m1/s1. The van der Waals surface area contributed by atoms with E-state index in [1.807, 2.05) is 39.0 Å². The molecule has 2 heterocycles. The zero-order valence-electron chi connectivity index (χ0n) is 23.8. The normalized spacial score (nSPS) is 17.2. The molecule has 2 atom stereocenters. The van der Waals surface area contributed by atoms with Crippen LogP contribution >= 0.6 is 23.2 Å². The van der Waals surface area contributed by atoms with E-state index in [1.165, 1.54) is 20.3 Å². The van der Waals surface area contributed by atoms with E-state index in [2.05, 4.69) is 16.9 Å². The number of piperidine rings is 1. The van der Waals surface area contributed by atoms with E-state index < -0.39 is 5.60 Å². The average molecular weight is 602 g/mol. The number of benzene rings is 2. The van der Waals surface area contributed by atoms with E-state index in [0.717, 1.165) is 16.5 Å². The molecule has 3 aromatic rings. The zero-order valence-corrected chi connectivity index (χ0v) is 25.3. The smallest absolute Gasteiger partial charge is 0.410 e. The summed E-state index contributed by atoms with van der Waals surface area (Å²) in [5.41, 5.74) is 1.47. The van der Waals surface area contributed by atoms with Gasteiger partial charge in [-0.3, -0.25) is 4.79 Å². The van der Waals surface area contributed by atoms with Crippen LogP contribution in [-0.4, -0.2) is 65.8 Å². The lowest BCUT2D eigenvalue weighted by Gasteiger charge is -2.39. The summed E-state index contributed by atoms with van der Waals surface area (Å²) in [7, 11) is 3.06. The fourth-order valence-electron chi connectivity index (χ4n) is 4.86. The molecule has 0 bridgehead atoms. The molecule has 9 nitrogen and oxygen atoms in total. The second-order valence-corrected chi connectivity index (χ2v) is 11.6. The minimum Gasteiger partial charge on any atom is -0.495 e. The Balaban J connectivity index is 1.62. The fourth-order valence-corrected chi connectivity index (χ4v) is 5.58. The molecule has 1 N–H and O–H groups in total. The molecular weight excluding hydrogens is 567 g/mol. The van der Waals surface area contributed by atoms with Gasteiger partial charge < -0.3 is 24.4 Å². The van der Waals surface area contributed by atoms with Crippen molar-refractivity contribution in [3.8, 4) is 22.6 Å². The van der Waals surface area contributed by atoms with E-state index in [-0.39, 0.29) is 24.0 Å². The molecule has 218 valence electrons. The van der Waals surface area contributed by atoms with Gasteiger partial charge in [-0.05, 0) is 51.0 Å². The number of halogens is 2. The van der Waals surface area contributed by atoms with Gasteiger partial charge in [-0.1, -0.05) is 35.8 Å². The molecule has 2 aromatic carbocycles. The molecule has 1 fully saturated rings. The number of carbonyl (C=O) groups is 2. The van der Waals surface area contributed by atoms with E-state index in [1.54, 1.807) is 17.2 Å². The van der Waals surface area contributed by atoms with Crippen LogP contribution in [0.15, 0.2) is 43.1 Å². The summed E-state index contributed by atoms with van der Waals surface area (Å²) in [6, 6.07) is 7.13. The quantitative estimate of drug-likeness (QED) is 0.327. The number of fused-ring (bicyclic) bond motifs is 1. The SMILES string of the molecule is C=CC(=O)N[C@H]1CCN(C(=O)OC(C)(C)C)C[C@H]1Cc1ncc2cc(-c3c(Cl)c(OC)cc(OC)c3Cl)ccc2n1. The Bertz CT molecular complexity index is 1450. The van der Waals surface area contributed by atoms with Gasteiger partial charge in [-0.25, -0.2) is 14.8 Å². The third kappa shape index (κ3) is 7.02. The van der Waals surface area contributed by atoms with E-state index >= 15 is 0 Å². The van der Waals surface area contributed by atoms with Gasteiger partial charge in [-0.2, -0.15) is 0 Å². The van der Waals surface area contributed by atoms with Gasteiger partial charge in [-0.15, -0.1) is 0 Å². The number of hydrogen-bond acceptors (Lipinski definition) is 7. The molecular formula is C30H34Cl2N4O5. The summed E-state index contributed by atoms with van der Waals surface area (Å²) >= 11 is 13.2. The first-order valence-corrected chi connectivity index (χ1v) is 14.0. The maximum absolute atomic E-state index is 12.8. The molecule has 1 aliphatic rings. The van der Waals surface area contributed by atoms with Gasteiger partial charge in [0.1, 0.15) is 22.9 Å². The number of nitrogens with zero attached hydrogens (tertiary/aromatic N) is 3. The van der Waals surface area contributed by atoms with Crippen molar-refractivity contribution in [2.75, 3.05) is 27.3 Å². The van der Waals surface area contributed by atoms with Crippen molar-refractivity contribution >= 4 is 46.1 Å². The summed E-state index contributed by atoms with van der Waals surface area (Å²) in [4.78, 5) is 36.0. The van der Waals surface area contributed by atoms with Crippen molar-refractivity contribution in [3.05, 3.63) is 59.0 Å². The number of likely N-dealkylation sites (tertiary alicyclic amines) is 1.